The van der Waals surface area contributed by atoms with Gasteiger partial charge in [-0.05, 0) is 80.9 Å². The van der Waals surface area contributed by atoms with Gasteiger partial charge in [0.2, 0.25) is 0 Å². The molecule has 2 aromatic carbocycles. The van der Waals surface area contributed by atoms with Crippen LogP contribution in [0.5, 0.6) is 0 Å². The minimum absolute atomic E-state index is 0.706. The molecule has 0 radical (unpaired) electrons. The van der Waals surface area contributed by atoms with Gasteiger partial charge in [-0.3, -0.25) is 4.90 Å². The van der Waals surface area contributed by atoms with Gasteiger partial charge in [0.05, 0.1) is 0 Å². The molecule has 1 aliphatic carbocycles. The largest absolute Gasteiger partial charge is 0.291 e. The van der Waals surface area contributed by atoms with E-state index in [0.717, 1.165) is 35.1 Å². The molecule has 2 aliphatic rings. The van der Waals surface area contributed by atoms with Gasteiger partial charge in [0, 0.05) is 29.2 Å². The van der Waals surface area contributed by atoms with Gasteiger partial charge < -0.3 is 0 Å². The number of allylic oxidation sites excluding steroid dienone is 3. The number of benzene rings is 2. The predicted octanol–water partition coefficient (Wildman–Crippen LogP) is 11.5. The number of fused-ring (bicyclic) bond motifs is 1. The first-order valence-corrected chi connectivity index (χ1v) is 14.6. The van der Waals surface area contributed by atoms with Gasteiger partial charge in [0.1, 0.15) is 0 Å². The molecule has 4 rings (SSSR count). The summed E-state index contributed by atoms with van der Waals surface area (Å²) in [6.07, 6.45) is 9.67. The first kappa shape index (κ1) is 32.5. The van der Waals surface area contributed by atoms with Crippen molar-refractivity contribution in [2.75, 3.05) is 0 Å². The first-order chi connectivity index (χ1) is 17.3. The zero-order valence-corrected chi connectivity index (χ0v) is 25.6. The second-order valence-electron chi connectivity index (χ2n) is 9.52. The minimum atomic E-state index is 0.706. The normalized spacial score (nSPS) is 17.2. The van der Waals surface area contributed by atoms with E-state index in [2.05, 4.69) is 64.7 Å². The van der Waals surface area contributed by atoms with Crippen LogP contribution in [0.15, 0.2) is 59.7 Å². The van der Waals surface area contributed by atoms with Crippen molar-refractivity contribution in [1.29, 1.82) is 0 Å². The van der Waals surface area contributed by atoms with Gasteiger partial charge in [-0.2, -0.15) is 0 Å². The van der Waals surface area contributed by atoms with Gasteiger partial charge >= 0.3 is 0 Å². The van der Waals surface area contributed by atoms with Crippen LogP contribution in [-0.4, -0.2) is 10.9 Å². The van der Waals surface area contributed by atoms with Gasteiger partial charge in [0.25, 0.3) is 0 Å². The molecule has 1 unspecified atom stereocenters. The smallest absolute Gasteiger partial charge is 0.0480 e. The van der Waals surface area contributed by atoms with Crippen LogP contribution in [0.1, 0.15) is 111 Å². The lowest BCUT2D eigenvalue weighted by atomic mass is 9.89. The number of unbranched alkanes of at least 4 members (excludes halogenated alkanes) is 1. The SMILES string of the molecule is CC.CC/C=C(/C)c1ccccc1Cl.CC1=C(C)CC(N2Cc3cccc(Cl)c3C2)CC1.CCCC. The summed E-state index contributed by atoms with van der Waals surface area (Å²) >= 11 is 12.3. The fourth-order valence-electron chi connectivity index (χ4n) is 4.40. The van der Waals surface area contributed by atoms with Gasteiger partial charge in [-0.25, -0.2) is 0 Å². The van der Waals surface area contributed by atoms with Gasteiger partial charge in [-0.15, -0.1) is 0 Å². The fraction of sp³-hybridized carbons (Fsp3) is 0.515. The third-order valence-corrected chi connectivity index (χ3v) is 7.58. The van der Waals surface area contributed by atoms with Crippen LogP contribution in [0.25, 0.3) is 5.57 Å². The van der Waals surface area contributed by atoms with Crippen LogP contribution in [0.4, 0.5) is 0 Å². The van der Waals surface area contributed by atoms with Gasteiger partial charge in [-0.1, -0.05) is 118 Å². The monoisotopic (exact) mass is 529 g/mol. The molecule has 0 fully saturated rings. The summed E-state index contributed by atoms with van der Waals surface area (Å²) < 4.78 is 0. The van der Waals surface area contributed by atoms with E-state index in [1.54, 1.807) is 11.1 Å². The standard InChI is InChI=1S/C16H20ClN.C11H13Cl.C4H10.C2H6/c1-11-6-7-14(8-12(11)2)18-9-13-4-3-5-16(17)15(13)10-18;1-3-6-9(2)10-7-4-5-8-11(10)12;1-3-4-2;1-2/h3-5,14H,6-10H2,1-2H3;4-8H,3H2,1-2H3;3-4H2,1-2H3;1-2H3/b;9-6-;;. The van der Waals surface area contributed by atoms with E-state index in [0.29, 0.717) is 6.04 Å². The predicted molar refractivity (Wildman–Crippen MR) is 164 cm³/mol. The molecule has 1 aliphatic heterocycles. The third kappa shape index (κ3) is 10.1. The maximum Gasteiger partial charge on any atom is 0.0480 e. The molecule has 0 saturated heterocycles. The van der Waals surface area contributed by atoms with Crippen molar-refractivity contribution in [2.24, 2.45) is 0 Å². The van der Waals surface area contributed by atoms with E-state index in [1.165, 1.54) is 48.8 Å². The molecule has 1 atom stereocenters. The zero-order chi connectivity index (χ0) is 27.1. The van der Waals surface area contributed by atoms with Crippen molar-refractivity contribution < 1.29 is 0 Å². The van der Waals surface area contributed by atoms with E-state index in [4.69, 9.17) is 23.2 Å². The number of halogens is 2. The molecule has 0 saturated carbocycles. The lowest BCUT2D eigenvalue weighted by molar-refractivity contribution is 0.181. The summed E-state index contributed by atoms with van der Waals surface area (Å²) in [6.45, 7) is 19.3. The lowest BCUT2D eigenvalue weighted by Crippen LogP contribution is -2.32. The highest BCUT2D eigenvalue weighted by atomic mass is 35.5. The Labute approximate surface area is 232 Å². The highest BCUT2D eigenvalue weighted by molar-refractivity contribution is 6.32. The molecular weight excluding hydrogens is 481 g/mol. The van der Waals surface area contributed by atoms with E-state index >= 15 is 0 Å². The topological polar surface area (TPSA) is 3.24 Å². The molecule has 200 valence electrons. The summed E-state index contributed by atoms with van der Waals surface area (Å²) in [7, 11) is 0. The third-order valence-electron chi connectivity index (χ3n) is 6.90. The van der Waals surface area contributed by atoms with Crippen molar-refractivity contribution in [1.82, 2.24) is 4.90 Å². The Morgan fingerprint density at radius 2 is 1.53 bits per heavy atom. The van der Waals surface area contributed by atoms with Crippen LogP contribution < -0.4 is 0 Å². The molecule has 36 heavy (non-hydrogen) atoms. The second-order valence-corrected chi connectivity index (χ2v) is 10.3. The zero-order valence-electron chi connectivity index (χ0n) is 24.1. The van der Waals surface area contributed by atoms with Crippen LogP contribution in [-0.2, 0) is 13.1 Å². The Morgan fingerprint density at radius 3 is 2.08 bits per heavy atom. The molecule has 3 heteroatoms. The Morgan fingerprint density at radius 1 is 0.889 bits per heavy atom. The Hall–Kier alpha value is -1.54. The van der Waals surface area contributed by atoms with Crippen LogP contribution in [0.3, 0.4) is 0 Å². The number of rotatable bonds is 4. The van der Waals surface area contributed by atoms with Crippen LogP contribution >= 0.6 is 23.2 Å². The summed E-state index contributed by atoms with van der Waals surface area (Å²) in [4.78, 5) is 2.60. The summed E-state index contributed by atoms with van der Waals surface area (Å²) in [5.41, 5.74) is 8.35. The highest BCUT2D eigenvalue weighted by Crippen LogP contribution is 2.35. The highest BCUT2D eigenvalue weighted by Gasteiger charge is 2.29. The van der Waals surface area contributed by atoms with Crippen LogP contribution in [0, 0.1) is 0 Å². The Bertz CT molecular complexity index is 971. The molecular formula is C33H49Cl2N. The Balaban J connectivity index is 0.000000312. The molecule has 1 heterocycles. The van der Waals surface area contributed by atoms with E-state index < -0.39 is 0 Å². The molecule has 1 nitrogen and oxygen atoms in total. The van der Waals surface area contributed by atoms with Crippen LogP contribution in [0.2, 0.25) is 10.0 Å². The van der Waals surface area contributed by atoms with Crippen molar-refractivity contribution in [3.8, 4) is 0 Å². The van der Waals surface area contributed by atoms with Crippen molar-refractivity contribution >= 4 is 28.8 Å². The number of hydrogen-bond donors (Lipinski definition) is 0. The van der Waals surface area contributed by atoms with Crippen molar-refractivity contribution in [3.63, 3.8) is 0 Å². The average molecular weight is 531 g/mol. The number of nitrogens with zero attached hydrogens (tertiary/aromatic N) is 1. The number of hydrogen-bond acceptors (Lipinski definition) is 1. The van der Waals surface area contributed by atoms with E-state index in [-0.39, 0.29) is 0 Å². The lowest BCUT2D eigenvalue weighted by Gasteiger charge is -2.32. The molecule has 0 bridgehead atoms. The fourth-order valence-corrected chi connectivity index (χ4v) is 4.94. The van der Waals surface area contributed by atoms with Crippen molar-refractivity contribution in [2.45, 2.75) is 113 Å². The summed E-state index contributed by atoms with van der Waals surface area (Å²) in [5.74, 6) is 0. The minimum Gasteiger partial charge on any atom is -0.291 e. The Kier molecular flexibility index (Phi) is 16.1. The molecule has 2 aromatic rings. The molecule has 0 spiro atoms. The maximum atomic E-state index is 6.29. The molecule has 0 N–H and O–H groups in total. The van der Waals surface area contributed by atoms with Crippen molar-refractivity contribution in [3.05, 3.63) is 86.4 Å². The van der Waals surface area contributed by atoms with E-state index in [1.807, 2.05) is 44.2 Å². The van der Waals surface area contributed by atoms with E-state index in [9.17, 15) is 0 Å². The van der Waals surface area contributed by atoms with Gasteiger partial charge in [0.15, 0.2) is 0 Å². The second kappa shape index (κ2) is 17.8. The quantitative estimate of drug-likeness (QED) is 0.355. The maximum absolute atomic E-state index is 6.29. The molecule has 0 aromatic heterocycles. The summed E-state index contributed by atoms with van der Waals surface area (Å²) in [5, 5.41) is 1.77. The average Bonchev–Trinajstić information content (AvgIpc) is 3.34. The summed E-state index contributed by atoms with van der Waals surface area (Å²) in [6, 6.07) is 14.9. The first-order valence-electron chi connectivity index (χ1n) is 13.9. The molecule has 0 amide bonds.